The van der Waals surface area contributed by atoms with Crippen LogP contribution in [0.5, 0.6) is 0 Å². The highest BCUT2D eigenvalue weighted by atomic mass is 79.9. The molecule has 0 unspecified atom stereocenters. The number of hydrogen-bond donors (Lipinski definition) is 1. The van der Waals surface area contributed by atoms with Crippen LogP contribution >= 0.6 is 15.9 Å². The van der Waals surface area contributed by atoms with Crippen molar-refractivity contribution in [2.24, 2.45) is 0 Å². The van der Waals surface area contributed by atoms with Gasteiger partial charge in [0.15, 0.2) is 5.82 Å². The van der Waals surface area contributed by atoms with Gasteiger partial charge >= 0.3 is 0 Å². The van der Waals surface area contributed by atoms with Crippen LogP contribution in [0.15, 0.2) is 29.0 Å². The Kier molecular flexibility index (Phi) is 3.56. The number of rotatable bonds is 4. The van der Waals surface area contributed by atoms with E-state index in [1.54, 1.807) is 12.4 Å². The molecule has 0 amide bonds. The summed E-state index contributed by atoms with van der Waals surface area (Å²) in [5.74, 6) is 0.846. The van der Waals surface area contributed by atoms with Crippen LogP contribution in [0.25, 0.3) is 5.82 Å². The summed E-state index contributed by atoms with van der Waals surface area (Å²) >= 11 is 3.27. The molecule has 0 aliphatic carbocycles. The first-order chi connectivity index (χ1) is 8.60. The smallest absolute Gasteiger partial charge is 0.276 e. The minimum atomic E-state index is -0.454. The second-order valence-electron chi connectivity index (χ2n) is 3.46. The van der Waals surface area contributed by atoms with Crippen molar-refractivity contribution in [3.63, 3.8) is 0 Å². The van der Waals surface area contributed by atoms with E-state index in [0.29, 0.717) is 18.2 Å². The topological polar surface area (TPSA) is 85.9 Å². The van der Waals surface area contributed by atoms with Crippen LogP contribution in [0.4, 0.5) is 11.5 Å². The van der Waals surface area contributed by atoms with E-state index in [2.05, 4.69) is 31.3 Å². The monoisotopic (exact) mass is 311 g/mol. The highest BCUT2D eigenvalue weighted by Gasteiger charge is 2.12. The summed E-state index contributed by atoms with van der Waals surface area (Å²) in [6.45, 7) is 2.53. The molecule has 7 nitrogen and oxygen atoms in total. The van der Waals surface area contributed by atoms with Gasteiger partial charge in [-0.2, -0.15) is 5.10 Å². The molecule has 8 heteroatoms. The Labute approximate surface area is 111 Å². The molecule has 0 aliphatic rings. The Balaban J connectivity index is 2.49. The SMILES string of the molecule is CCNc1cc([N+](=O)[O-])cc(-n2cc(Br)cn2)n1. The zero-order valence-corrected chi connectivity index (χ0v) is 11.1. The molecule has 0 atom stereocenters. The molecule has 2 aromatic heterocycles. The Bertz CT molecular complexity index is 583. The maximum Gasteiger partial charge on any atom is 0.276 e. The summed E-state index contributed by atoms with van der Waals surface area (Å²) in [7, 11) is 0. The summed E-state index contributed by atoms with van der Waals surface area (Å²) in [4.78, 5) is 14.7. The molecule has 0 saturated carbocycles. The first-order valence-corrected chi connectivity index (χ1v) is 6.00. The molecule has 0 spiro atoms. The molecule has 0 radical (unpaired) electrons. The van der Waals surface area contributed by atoms with Crippen molar-refractivity contribution in [2.45, 2.75) is 6.92 Å². The summed E-state index contributed by atoms with van der Waals surface area (Å²) in [6.07, 6.45) is 3.27. The van der Waals surface area contributed by atoms with E-state index in [4.69, 9.17) is 0 Å². The molecular formula is C10H10BrN5O2. The average Bonchev–Trinajstić information content (AvgIpc) is 2.76. The highest BCUT2D eigenvalue weighted by Crippen LogP contribution is 2.20. The highest BCUT2D eigenvalue weighted by molar-refractivity contribution is 9.10. The van der Waals surface area contributed by atoms with Crippen LogP contribution in [0.1, 0.15) is 6.92 Å². The van der Waals surface area contributed by atoms with Crippen LogP contribution < -0.4 is 5.32 Å². The lowest BCUT2D eigenvalue weighted by atomic mass is 10.3. The molecule has 2 rings (SSSR count). The Morgan fingerprint density at radius 2 is 2.33 bits per heavy atom. The van der Waals surface area contributed by atoms with Crippen molar-refractivity contribution in [1.82, 2.24) is 14.8 Å². The lowest BCUT2D eigenvalue weighted by molar-refractivity contribution is -0.384. The number of aromatic nitrogens is 3. The number of halogens is 1. The summed E-state index contributed by atoms with van der Waals surface area (Å²) in [5, 5.41) is 17.9. The van der Waals surface area contributed by atoms with E-state index in [1.165, 1.54) is 16.8 Å². The Morgan fingerprint density at radius 3 is 2.89 bits per heavy atom. The third kappa shape index (κ3) is 2.65. The van der Waals surface area contributed by atoms with E-state index in [9.17, 15) is 10.1 Å². The van der Waals surface area contributed by atoms with Crippen LogP contribution in [0, 0.1) is 10.1 Å². The molecule has 0 aromatic carbocycles. The molecule has 0 fully saturated rings. The van der Waals surface area contributed by atoms with Crippen molar-refractivity contribution in [3.8, 4) is 5.82 Å². The third-order valence-corrected chi connectivity index (χ3v) is 2.56. The van der Waals surface area contributed by atoms with E-state index in [1.807, 2.05) is 6.92 Å². The number of anilines is 1. The van der Waals surface area contributed by atoms with Crippen LogP contribution in [-0.2, 0) is 0 Å². The lowest BCUT2D eigenvalue weighted by Gasteiger charge is -2.05. The molecule has 2 aromatic rings. The fraction of sp³-hybridized carbons (Fsp3) is 0.200. The maximum absolute atomic E-state index is 10.9. The van der Waals surface area contributed by atoms with Gasteiger partial charge in [0.1, 0.15) is 5.82 Å². The molecule has 94 valence electrons. The summed E-state index contributed by atoms with van der Waals surface area (Å²) in [6, 6.07) is 2.77. The predicted octanol–water partition coefficient (Wildman–Crippen LogP) is 2.37. The number of nitrogens with one attached hydrogen (secondary N) is 1. The second-order valence-corrected chi connectivity index (χ2v) is 4.38. The van der Waals surface area contributed by atoms with Gasteiger partial charge in [-0.15, -0.1) is 0 Å². The van der Waals surface area contributed by atoms with Crippen LogP contribution in [0.3, 0.4) is 0 Å². The number of nitro groups is 1. The van der Waals surface area contributed by atoms with Crippen LogP contribution in [-0.4, -0.2) is 26.2 Å². The predicted molar refractivity (Wildman–Crippen MR) is 69.9 cm³/mol. The molecular weight excluding hydrogens is 302 g/mol. The lowest BCUT2D eigenvalue weighted by Crippen LogP contribution is -2.05. The molecule has 0 saturated heterocycles. The van der Waals surface area contributed by atoms with Crippen LogP contribution in [0.2, 0.25) is 0 Å². The zero-order chi connectivity index (χ0) is 13.1. The zero-order valence-electron chi connectivity index (χ0n) is 9.50. The van der Waals surface area contributed by atoms with Crippen molar-refractivity contribution < 1.29 is 4.92 Å². The van der Waals surface area contributed by atoms with Gasteiger partial charge in [-0.05, 0) is 22.9 Å². The normalized spacial score (nSPS) is 10.3. The number of nitrogens with zero attached hydrogens (tertiary/aromatic N) is 4. The van der Waals surface area contributed by atoms with E-state index in [0.717, 1.165) is 4.47 Å². The van der Waals surface area contributed by atoms with Gasteiger partial charge in [-0.1, -0.05) is 0 Å². The van der Waals surface area contributed by atoms with Gasteiger partial charge in [0.05, 0.1) is 27.7 Å². The summed E-state index contributed by atoms with van der Waals surface area (Å²) < 4.78 is 2.25. The van der Waals surface area contributed by atoms with Crippen molar-refractivity contribution in [3.05, 3.63) is 39.1 Å². The number of pyridine rings is 1. The molecule has 18 heavy (non-hydrogen) atoms. The largest absolute Gasteiger partial charge is 0.370 e. The number of hydrogen-bond acceptors (Lipinski definition) is 5. The quantitative estimate of drug-likeness (QED) is 0.692. The molecule has 1 N–H and O–H groups in total. The van der Waals surface area contributed by atoms with Gasteiger partial charge in [0.25, 0.3) is 5.69 Å². The third-order valence-electron chi connectivity index (χ3n) is 2.15. The van der Waals surface area contributed by atoms with Gasteiger partial charge in [0.2, 0.25) is 0 Å². The minimum absolute atomic E-state index is 0.0254. The van der Waals surface area contributed by atoms with Crippen molar-refractivity contribution in [2.75, 3.05) is 11.9 Å². The van der Waals surface area contributed by atoms with Crippen molar-refractivity contribution >= 4 is 27.4 Å². The van der Waals surface area contributed by atoms with Gasteiger partial charge in [-0.3, -0.25) is 10.1 Å². The first kappa shape index (κ1) is 12.5. The second kappa shape index (κ2) is 5.13. The van der Waals surface area contributed by atoms with E-state index in [-0.39, 0.29) is 5.69 Å². The van der Waals surface area contributed by atoms with Gasteiger partial charge in [0, 0.05) is 12.7 Å². The van der Waals surface area contributed by atoms with E-state index < -0.39 is 4.92 Å². The first-order valence-electron chi connectivity index (χ1n) is 5.21. The molecule has 0 bridgehead atoms. The van der Waals surface area contributed by atoms with Gasteiger partial charge in [-0.25, -0.2) is 9.67 Å². The fourth-order valence-corrected chi connectivity index (χ4v) is 1.71. The Hall–Kier alpha value is -1.96. The van der Waals surface area contributed by atoms with Crippen molar-refractivity contribution in [1.29, 1.82) is 0 Å². The van der Waals surface area contributed by atoms with E-state index >= 15 is 0 Å². The Morgan fingerprint density at radius 1 is 1.56 bits per heavy atom. The molecule has 0 aliphatic heterocycles. The van der Waals surface area contributed by atoms with Gasteiger partial charge < -0.3 is 5.32 Å². The standard InChI is InChI=1S/C10H10BrN5O2/c1-2-12-9-3-8(16(17)18)4-10(14-9)15-6-7(11)5-13-15/h3-6H,2H2,1H3,(H,12,14). The summed E-state index contributed by atoms with van der Waals surface area (Å²) in [5.41, 5.74) is -0.0254. The average molecular weight is 312 g/mol. The minimum Gasteiger partial charge on any atom is -0.370 e. The fourth-order valence-electron chi connectivity index (χ4n) is 1.42. The maximum atomic E-state index is 10.9. The molecule has 2 heterocycles.